The Labute approximate surface area is 86.1 Å². The van der Waals surface area contributed by atoms with Gasteiger partial charge in [0, 0.05) is 11.3 Å². The van der Waals surface area contributed by atoms with Gasteiger partial charge in [-0.15, -0.1) is 0 Å². The van der Waals surface area contributed by atoms with Gasteiger partial charge in [0.2, 0.25) is 0 Å². The van der Waals surface area contributed by atoms with Crippen molar-refractivity contribution in [3.8, 4) is 0 Å². The number of carbonyl (C=O) groups excluding carboxylic acids is 2. The third-order valence-corrected chi connectivity index (χ3v) is 3.23. The predicted octanol–water partition coefficient (Wildman–Crippen LogP) is 2.61. The molecule has 0 aliphatic heterocycles. The van der Waals surface area contributed by atoms with Crippen LogP contribution in [0.2, 0.25) is 0 Å². The van der Waals surface area contributed by atoms with Crippen LogP contribution in [0.3, 0.4) is 0 Å². The second-order valence-electron chi connectivity index (χ2n) is 4.94. The monoisotopic (exact) mass is 196 g/mol. The Morgan fingerprint density at radius 2 is 1.79 bits per heavy atom. The van der Waals surface area contributed by atoms with E-state index in [0.29, 0.717) is 6.42 Å². The molecule has 0 heterocycles. The fraction of sp³-hybridized carbons (Fsp3) is 0.833. The summed E-state index contributed by atoms with van der Waals surface area (Å²) in [4.78, 5) is 23.8. The van der Waals surface area contributed by atoms with E-state index in [2.05, 4.69) is 0 Å². The van der Waals surface area contributed by atoms with E-state index < -0.39 is 0 Å². The summed E-state index contributed by atoms with van der Waals surface area (Å²) in [5, 5.41) is 0. The third kappa shape index (κ3) is 2.05. The highest BCUT2D eigenvalue weighted by Crippen LogP contribution is 2.48. The van der Waals surface area contributed by atoms with E-state index in [4.69, 9.17) is 0 Å². The van der Waals surface area contributed by atoms with Gasteiger partial charge in [0.25, 0.3) is 0 Å². The fourth-order valence-corrected chi connectivity index (χ4v) is 1.77. The lowest BCUT2D eigenvalue weighted by molar-refractivity contribution is -0.137. The lowest BCUT2D eigenvalue weighted by Crippen LogP contribution is -2.31. The molecule has 0 saturated heterocycles. The smallest absolute Gasteiger partial charge is 0.149 e. The van der Waals surface area contributed by atoms with Crippen molar-refractivity contribution in [2.45, 2.75) is 47.0 Å². The molecular weight excluding hydrogens is 176 g/mol. The Morgan fingerprint density at radius 1 is 1.29 bits per heavy atom. The van der Waals surface area contributed by atoms with E-state index in [1.165, 1.54) is 0 Å². The minimum Gasteiger partial charge on any atom is -0.299 e. The molecule has 0 radical (unpaired) electrons. The molecular formula is C12H20O2. The fourth-order valence-electron chi connectivity index (χ4n) is 1.77. The first kappa shape index (κ1) is 11.4. The zero-order chi connectivity index (χ0) is 10.9. The van der Waals surface area contributed by atoms with Gasteiger partial charge in [-0.2, -0.15) is 0 Å². The molecule has 0 spiro atoms. The van der Waals surface area contributed by atoms with E-state index >= 15 is 0 Å². The number of hydrogen-bond donors (Lipinski definition) is 0. The minimum atomic E-state index is -0.345. The van der Waals surface area contributed by atoms with Crippen molar-refractivity contribution in [2.24, 2.45) is 17.3 Å². The van der Waals surface area contributed by atoms with Crippen molar-refractivity contribution in [1.82, 2.24) is 0 Å². The number of ketones is 2. The highest BCUT2D eigenvalue weighted by Gasteiger charge is 2.48. The minimum absolute atomic E-state index is 0.0220. The van der Waals surface area contributed by atoms with Crippen LogP contribution in [0.15, 0.2) is 0 Å². The second-order valence-corrected chi connectivity index (χ2v) is 4.94. The number of carbonyl (C=O) groups is 2. The van der Waals surface area contributed by atoms with Gasteiger partial charge in [0.05, 0.1) is 5.92 Å². The van der Waals surface area contributed by atoms with Crippen LogP contribution in [0.1, 0.15) is 47.0 Å². The van der Waals surface area contributed by atoms with Gasteiger partial charge in [-0.05, 0) is 19.3 Å². The van der Waals surface area contributed by atoms with E-state index in [-0.39, 0.29) is 28.8 Å². The van der Waals surface area contributed by atoms with Crippen LogP contribution in [-0.2, 0) is 9.59 Å². The number of hydrogen-bond acceptors (Lipinski definition) is 2. The molecule has 0 N–H and O–H groups in total. The van der Waals surface area contributed by atoms with Crippen LogP contribution in [0.5, 0.6) is 0 Å². The molecule has 1 unspecified atom stereocenters. The standard InChI is InChI=1S/C12H20O2/c1-5-9(10(13)8(2)3)11(14)12(4)6-7-12/h8-9H,5-7H2,1-4H3. The lowest BCUT2D eigenvalue weighted by atomic mass is 9.83. The van der Waals surface area contributed by atoms with Crippen LogP contribution in [0.4, 0.5) is 0 Å². The first-order chi connectivity index (χ1) is 6.42. The predicted molar refractivity (Wildman–Crippen MR) is 56.0 cm³/mol. The summed E-state index contributed by atoms with van der Waals surface area (Å²) in [6.45, 7) is 7.64. The molecule has 80 valence electrons. The van der Waals surface area contributed by atoms with Gasteiger partial charge in [-0.1, -0.05) is 27.7 Å². The van der Waals surface area contributed by atoms with Gasteiger partial charge in [-0.3, -0.25) is 9.59 Å². The molecule has 1 rings (SSSR count). The molecule has 14 heavy (non-hydrogen) atoms. The summed E-state index contributed by atoms with van der Waals surface area (Å²) in [6, 6.07) is 0. The first-order valence-electron chi connectivity index (χ1n) is 5.50. The summed E-state index contributed by atoms with van der Waals surface area (Å²) in [6.07, 6.45) is 2.59. The highest BCUT2D eigenvalue weighted by molar-refractivity contribution is 6.06. The Bertz CT molecular complexity index is 249. The maximum atomic E-state index is 12.0. The molecule has 1 fully saturated rings. The molecule has 0 bridgehead atoms. The van der Waals surface area contributed by atoms with Crippen molar-refractivity contribution in [1.29, 1.82) is 0 Å². The number of Topliss-reactive ketones (excluding diaryl/α,β-unsaturated/α-hetero) is 2. The molecule has 1 aliphatic carbocycles. The van der Waals surface area contributed by atoms with Gasteiger partial charge in [0.1, 0.15) is 11.6 Å². The Kier molecular flexibility index (Phi) is 3.13. The second kappa shape index (κ2) is 3.84. The quantitative estimate of drug-likeness (QED) is 0.633. The molecule has 1 saturated carbocycles. The molecule has 0 amide bonds. The molecule has 2 heteroatoms. The maximum absolute atomic E-state index is 12.0. The maximum Gasteiger partial charge on any atom is 0.149 e. The van der Waals surface area contributed by atoms with Crippen molar-refractivity contribution in [2.75, 3.05) is 0 Å². The zero-order valence-electron chi connectivity index (χ0n) is 9.59. The number of rotatable bonds is 5. The van der Waals surface area contributed by atoms with Crippen LogP contribution < -0.4 is 0 Å². The van der Waals surface area contributed by atoms with Crippen LogP contribution in [-0.4, -0.2) is 11.6 Å². The lowest BCUT2D eigenvalue weighted by Gasteiger charge is -2.18. The Morgan fingerprint density at radius 3 is 2.07 bits per heavy atom. The normalized spacial score (nSPS) is 20.6. The molecule has 2 nitrogen and oxygen atoms in total. The molecule has 0 aromatic heterocycles. The van der Waals surface area contributed by atoms with Crippen LogP contribution in [0.25, 0.3) is 0 Å². The van der Waals surface area contributed by atoms with Crippen molar-refractivity contribution in [3.05, 3.63) is 0 Å². The van der Waals surface area contributed by atoms with Crippen molar-refractivity contribution >= 4 is 11.6 Å². The van der Waals surface area contributed by atoms with Gasteiger partial charge < -0.3 is 0 Å². The first-order valence-corrected chi connectivity index (χ1v) is 5.50. The Balaban J connectivity index is 2.71. The van der Waals surface area contributed by atoms with E-state index in [1.54, 1.807) is 0 Å². The van der Waals surface area contributed by atoms with E-state index in [9.17, 15) is 9.59 Å². The van der Waals surface area contributed by atoms with Gasteiger partial charge in [-0.25, -0.2) is 0 Å². The summed E-state index contributed by atoms with van der Waals surface area (Å²) in [7, 11) is 0. The highest BCUT2D eigenvalue weighted by atomic mass is 16.2. The molecule has 0 aromatic rings. The van der Waals surface area contributed by atoms with E-state index in [1.807, 2.05) is 27.7 Å². The van der Waals surface area contributed by atoms with Crippen LogP contribution in [0, 0.1) is 17.3 Å². The average Bonchev–Trinajstić information content (AvgIpc) is 2.85. The zero-order valence-corrected chi connectivity index (χ0v) is 9.59. The topological polar surface area (TPSA) is 34.1 Å². The van der Waals surface area contributed by atoms with Gasteiger partial charge >= 0.3 is 0 Å². The van der Waals surface area contributed by atoms with Crippen molar-refractivity contribution < 1.29 is 9.59 Å². The third-order valence-electron chi connectivity index (χ3n) is 3.23. The SMILES string of the molecule is CCC(C(=O)C(C)C)C(=O)C1(C)CC1. The summed E-state index contributed by atoms with van der Waals surface area (Å²) in [5.41, 5.74) is -0.161. The molecule has 1 aliphatic rings. The average molecular weight is 196 g/mol. The molecule has 1 atom stereocenters. The summed E-state index contributed by atoms with van der Waals surface area (Å²) < 4.78 is 0. The summed E-state index contributed by atoms with van der Waals surface area (Å²) in [5.74, 6) is -0.0712. The molecule has 0 aromatic carbocycles. The summed E-state index contributed by atoms with van der Waals surface area (Å²) >= 11 is 0. The van der Waals surface area contributed by atoms with E-state index in [0.717, 1.165) is 12.8 Å². The Hall–Kier alpha value is -0.660. The largest absolute Gasteiger partial charge is 0.299 e. The van der Waals surface area contributed by atoms with Crippen LogP contribution >= 0.6 is 0 Å². The van der Waals surface area contributed by atoms with Gasteiger partial charge in [0.15, 0.2) is 0 Å². The van der Waals surface area contributed by atoms with Crippen molar-refractivity contribution in [3.63, 3.8) is 0 Å².